The number of ether oxygens (including phenoxy) is 1. The van der Waals surface area contributed by atoms with E-state index < -0.39 is 15.5 Å². The van der Waals surface area contributed by atoms with Gasteiger partial charge >= 0.3 is 5.69 Å². The fourth-order valence-corrected chi connectivity index (χ4v) is 2.03. The second-order valence-electron chi connectivity index (χ2n) is 3.94. The summed E-state index contributed by atoms with van der Waals surface area (Å²) in [6.45, 7) is 0. The van der Waals surface area contributed by atoms with Crippen LogP contribution in [0.5, 0.6) is 11.5 Å². The number of non-ortho nitro benzene ring substituents is 1. The van der Waals surface area contributed by atoms with Gasteiger partial charge in [-0.3, -0.25) is 20.2 Å². The van der Waals surface area contributed by atoms with Crippen LogP contribution < -0.4 is 4.74 Å². The molecule has 0 amide bonds. The summed E-state index contributed by atoms with van der Waals surface area (Å²) < 4.78 is 5.43. The average molecular weight is 306 g/mol. The third kappa shape index (κ3) is 3.48. The van der Waals surface area contributed by atoms with E-state index in [0.29, 0.717) is 5.75 Å². The number of nitro groups is 2. The molecule has 8 heteroatoms. The predicted octanol–water partition coefficient (Wildman–Crippen LogP) is 4.02. The van der Waals surface area contributed by atoms with Crippen LogP contribution in [0, 0.1) is 20.2 Å². The van der Waals surface area contributed by atoms with E-state index in [0.717, 1.165) is 11.0 Å². The van der Waals surface area contributed by atoms with Crippen LogP contribution in [0.2, 0.25) is 0 Å². The van der Waals surface area contributed by atoms with E-state index in [1.54, 1.807) is 23.9 Å². The van der Waals surface area contributed by atoms with Gasteiger partial charge in [0.25, 0.3) is 5.69 Å². The second-order valence-corrected chi connectivity index (χ2v) is 4.82. The molecule has 0 aromatic heterocycles. The molecule has 0 fully saturated rings. The molecule has 0 atom stereocenters. The lowest BCUT2D eigenvalue weighted by molar-refractivity contribution is -0.394. The Morgan fingerprint density at radius 2 is 1.67 bits per heavy atom. The number of hydrogen-bond acceptors (Lipinski definition) is 6. The lowest BCUT2D eigenvalue weighted by Gasteiger charge is -2.06. The van der Waals surface area contributed by atoms with Gasteiger partial charge < -0.3 is 4.74 Å². The van der Waals surface area contributed by atoms with E-state index in [1.807, 2.05) is 18.4 Å². The Bertz CT molecular complexity index is 687. The van der Waals surface area contributed by atoms with E-state index in [1.165, 1.54) is 12.1 Å². The number of nitrogens with zero attached hydrogens (tertiary/aromatic N) is 2. The molecule has 0 unspecified atom stereocenters. The van der Waals surface area contributed by atoms with E-state index in [4.69, 9.17) is 4.74 Å². The van der Waals surface area contributed by atoms with Crippen molar-refractivity contribution in [1.82, 2.24) is 0 Å². The van der Waals surface area contributed by atoms with Crippen molar-refractivity contribution in [3.63, 3.8) is 0 Å². The maximum atomic E-state index is 11.0. The standard InChI is InChI=1S/C13H10N2O5S/c1-21-11-5-3-10(4-6-11)20-13-7-2-9(14(16)17)8-12(13)15(18)19/h2-8H,1H3. The molecular formula is C13H10N2O5S. The molecule has 0 saturated heterocycles. The Balaban J connectivity index is 2.34. The van der Waals surface area contributed by atoms with Crippen LogP contribution in [-0.4, -0.2) is 16.1 Å². The molecule has 2 aromatic rings. The van der Waals surface area contributed by atoms with E-state index in [-0.39, 0.29) is 11.4 Å². The van der Waals surface area contributed by atoms with Gasteiger partial charge in [0.1, 0.15) is 5.75 Å². The summed E-state index contributed by atoms with van der Waals surface area (Å²) in [4.78, 5) is 21.3. The SMILES string of the molecule is CSc1ccc(Oc2ccc([N+](=O)[O-])cc2[N+](=O)[O-])cc1. The summed E-state index contributed by atoms with van der Waals surface area (Å²) in [6.07, 6.45) is 1.93. The van der Waals surface area contributed by atoms with Crippen LogP contribution >= 0.6 is 11.8 Å². The quantitative estimate of drug-likeness (QED) is 0.470. The summed E-state index contributed by atoms with van der Waals surface area (Å²) >= 11 is 1.56. The van der Waals surface area contributed by atoms with Crippen molar-refractivity contribution in [2.24, 2.45) is 0 Å². The van der Waals surface area contributed by atoms with E-state index in [9.17, 15) is 20.2 Å². The zero-order valence-corrected chi connectivity index (χ0v) is 11.7. The van der Waals surface area contributed by atoms with E-state index in [2.05, 4.69) is 0 Å². The average Bonchev–Trinajstić information content (AvgIpc) is 2.48. The molecular weight excluding hydrogens is 296 g/mol. The molecule has 0 N–H and O–H groups in total. The minimum Gasteiger partial charge on any atom is -0.450 e. The Hall–Kier alpha value is -2.61. The Morgan fingerprint density at radius 1 is 1.00 bits per heavy atom. The largest absolute Gasteiger partial charge is 0.450 e. The predicted molar refractivity (Wildman–Crippen MR) is 78.0 cm³/mol. The molecule has 0 saturated carbocycles. The van der Waals surface area contributed by atoms with Crippen molar-refractivity contribution in [2.45, 2.75) is 4.90 Å². The van der Waals surface area contributed by atoms with Gasteiger partial charge in [-0.25, -0.2) is 0 Å². The van der Waals surface area contributed by atoms with Crippen molar-refractivity contribution in [2.75, 3.05) is 6.26 Å². The first-order valence-corrected chi connectivity index (χ1v) is 6.98. The highest BCUT2D eigenvalue weighted by molar-refractivity contribution is 7.98. The van der Waals surface area contributed by atoms with E-state index >= 15 is 0 Å². The molecule has 0 heterocycles. The third-order valence-electron chi connectivity index (χ3n) is 2.64. The molecule has 7 nitrogen and oxygen atoms in total. The zero-order valence-electron chi connectivity index (χ0n) is 10.9. The van der Waals surface area contributed by atoms with Crippen LogP contribution in [0.15, 0.2) is 47.4 Å². The maximum Gasteiger partial charge on any atom is 0.318 e. The first-order chi connectivity index (χ1) is 10.0. The van der Waals surface area contributed by atoms with Gasteiger partial charge in [-0.1, -0.05) is 0 Å². The highest BCUT2D eigenvalue weighted by Gasteiger charge is 2.21. The van der Waals surface area contributed by atoms with Crippen LogP contribution in [0.4, 0.5) is 11.4 Å². The van der Waals surface area contributed by atoms with Crippen molar-refractivity contribution in [3.05, 3.63) is 62.7 Å². The van der Waals surface area contributed by atoms with Crippen molar-refractivity contribution in [1.29, 1.82) is 0 Å². The summed E-state index contributed by atoms with van der Waals surface area (Å²) in [6, 6.07) is 10.3. The fourth-order valence-electron chi connectivity index (χ4n) is 1.62. The zero-order chi connectivity index (χ0) is 15.4. The molecule has 0 spiro atoms. The van der Waals surface area contributed by atoms with Crippen molar-refractivity contribution in [3.8, 4) is 11.5 Å². The normalized spacial score (nSPS) is 10.1. The number of hydrogen-bond donors (Lipinski definition) is 0. The minimum atomic E-state index is -0.710. The monoisotopic (exact) mass is 306 g/mol. The minimum absolute atomic E-state index is 0.0394. The highest BCUT2D eigenvalue weighted by atomic mass is 32.2. The van der Waals surface area contributed by atoms with Crippen LogP contribution in [0.3, 0.4) is 0 Å². The first kappa shape index (κ1) is 14.8. The fraction of sp³-hybridized carbons (Fsp3) is 0.0769. The molecule has 108 valence electrons. The van der Waals surface area contributed by atoms with Gasteiger partial charge in [-0.2, -0.15) is 0 Å². The number of benzene rings is 2. The lowest BCUT2D eigenvalue weighted by atomic mass is 10.2. The van der Waals surface area contributed by atoms with Gasteiger partial charge in [-0.15, -0.1) is 11.8 Å². The molecule has 0 bridgehead atoms. The Kier molecular flexibility index (Phi) is 4.39. The molecule has 0 radical (unpaired) electrons. The lowest BCUT2D eigenvalue weighted by Crippen LogP contribution is -1.96. The van der Waals surface area contributed by atoms with Gasteiger partial charge in [0.05, 0.1) is 15.9 Å². The Labute approximate surface area is 123 Å². The van der Waals surface area contributed by atoms with Gasteiger partial charge in [0.2, 0.25) is 5.75 Å². The first-order valence-electron chi connectivity index (χ1n) is 5.76. The third-order valence-corrected chi connectivity index (χ3v) is 3.38. The van der Waals surface area contributed by atoms with Crippen molar-refractivity contribution >= 4 is 23.1 Å². The summed E-state index contributed by atoms with van der Waals surface area (Å²) in [7, 11) is 0. The number of thioether (sulfide) groups is 1. The van der Waals surface area contributed by atoms with Crippen LogP contribution in [0.25, 0.3) is 0 Å². The molecule has 0 aliphatic rings. The van der Waals surface area contributed by atoms with Gasteiger partial charge in [0.15, 0.2) is 0 Å². The highest BCUT2D eigenvalue weighted by Crippen LogP contribution is 2.34. The molecule has 2 aromatic carbocycles. The van der Waals surface area contributed by atoms with Gasteiger partial charge in [-0.05, 0) is 36.6 Å². The number of rotatable bonds is 5. The molecule has 0 aliphatic carbocycles. The van der Waals surface area contributed by atoms with Crippen molar-refractivity contribution < 1.29 is 14.6 Å². The number of nitro benzene ring substituents is 2. The topological polar surface area (TPSA) is 95.5 Å². The van der Waals surface area contributed by atoms with Crippen LogP contribution in [0.1, 0.15) is 0 Å². The summed E-state index contributed by atoms with van der Waals surface area (Å²) in [5.74, 6) is 0.382. The smallest absolute Gasteiger partial charge is 0.318 e. The van der Waals surface area contributed by atoms with Crippen LogP contribution in [-0.2, 0) is 0 Å². The van der Waals surface area contributed by atoms with Gasteiger partial charge in [0, 0.05) is 11.0 Å². The maximum absolute atomic E-state index is 11.0. The molecule has 0 aliphatic heterocycles. The molecule has 21 heavy (non-hydrogen) atoms. The second kappa shape index (κ2) is 6.23. The summed E-state index contributed by atoms with van der Waals surface area (Å²) in [5, 5.41) is 21.6. The summed E-state index contributed by atoms with van der Waals surface area (Å²) in [5.41, 5.74) is -0.801. The molecule has 2 rings (SSSR count). The Morgan fingerprint density at radius 3 is 2.19 bits per heavy atom.